The van der Waals surface area contributed by atoms with Gasteiger partial charge in [-0.15, -0.1) is 0 Å². The van der Waals surface area contributed by atoms with Crippen LogP contribution in [0.25, 0.3) is 10.9 Å². The molecule has 0 amide bonds. The highest BCUT2D eigenvalue weighted by molar-refractivity contribution is 5.78. The lowest BCUT2D eigenvalue weighted by molar-refractivity contribution is 0.724. The van der Waals surface area contributed by atoms with Crippen molar-refractivity contribution in [3.8, 4) is 0 Å². The minimum atomic E-state index is -0.0731. The van der Waals surface area contributed by atoms with Gasteiger partial charge in [0.25, 0.3) is 5.56 Å². The molecule has 0 aliphatic carbocycles. The molecule has 0 unspecified atom stereocenters. The third-order valence-electron chi connectivity index (χ3n) is 2.31. The van der Waals surface area contributed by atoms with Crippen molar-refractivity contribution in [2.75, 3.05) is 5.43 Å². The van der Waals surface area contributed by atoms with Crippen LogP contribution in [0.4, 0.5) is 5.95 Å². The zero-order valence-corrected chi connectivity index (χ0v) is 8.40. The Labute approximate surface area is 86.5 Å². The molecule has 1 aromatic carbocycles. The number of hydrogen-bond donors (Lipinski definition) is 2. The molecule has 1 heterocycles. The molecule has 2 aromatic rings. The van der Waals surface area contributed by atoms with Gasteiger partial charge in [-0.1, -0.05) is 12.1 Å². The Hall–Kier alpha value is -1.88. The summed E-state index contributed by atoms with van der Waals surface area (Å²) in [5, 5.41) is 0.610. The molecule has 0 radical (unpaired) electrons. The van der Waals surface area contributed by atoms with Crippen molar-refractivity contribution in [1.29, 1.82) is 0 Å². The van der Waals surface area contributed by atoms with Crippen molar-refractivity contribution >= 4 is 16.9 Å². The summed E-state index contributed by atoms with van der Waals surface area (Å²) in [5.41, 5.74) is 3.01. The SMILES string of the molecule is CCn1c(NN)nc2ccccc2c1=O. The number of hydrazine groups is 1. The van der Waals surface area contributed by atoms with Gasteiger partial charge in [0.05, 0.1) is 10.9 Å². The van der Waals surface area contributed by atoms with Gasteiger partial charge in [-0.3, -0.25) is 14.8 Å². The van der Waals surface area contributed by atoms with Crippen molar-refractivity contribution in [2.24, 2.45) is 5.84 Å². The number of nitrogens with zero attached hydrogens (tertiary/aromatic N) is 2. The van der Waals surface area contributed by atoms with Crippen molar-refractivity contribution in [2.45, 2.75) is 13.5 Å². The fourth-order valence-electron chi connectivity index (χ4n) is 1.57. The Balaban J connectivity index is 2.88. The van der Waals surface area contributed by atoms with Gasteiger partial charge < -0.3 is 0 Å². The van der Waals surface area contributed by atoms with Crippen LogP contribution in [0.5, 0.6) is 0 Å². The van der Waals surface area contributed by atoms with Crippen LogP contribution in [-0.4, -0.2) is 9.55 Å². The number of hydrogen-bond acceptors (Lipinski definition) is 4. The average Bonchev–Trinajstić information content (AvgIpc) is 2.29. The van der Waals surface area contributed by atoms with Crippen LogP contribution in [0.1, 0.15) is 6.92 Å². The van der Waals surface area contributed by atoms with E-state index in [1.807, 2.05) is 19.1 Å². The van der Waals surface area contributed by atoms with E-state index < -0.39 is 0 Å². The number of fused-ring (bicyclic) bond motifs is 1. The number of nitrogen functional groups attached to an aromatic ring is 1. The van der Waals surface area contributed by atoms with Crippen LogP contribution >= 0.6 is 0 Å². The van der Waals surface area contributed by atoms with Crippen LogP contribution in [0, 0.1) is 0 Å². The number of aromatic nitrogens is 2. The summed E-state index contributed by atoms with van der Waals surface area (Å²) < 4.78 is 1.50. The summed E-state index contributed by atoms with van der Waals surface area (Å²) in [6, 6.07) is 7.21. The highest BCUT2D eigenvalue weighted by atomic mass is 16.1. The predicted molar refractivity (Wildman–Crippen MR) is 59.5 cm³/mol. The zero-order valence-electron chi connectivity index (χ0n) is 8.40. The summed E-state index contributed by atoms with van der Waals surface area (Å²) in [4.78, 5) is 16.2. The Kier molecular flexibility index (Phi) is 2.39. The second kappa shape index (κ2) is 3.70. The van der Waals surface area contributed by atoms with E-state index in [0.717, 1.165) is 0 Å². The molecule has 0 aliphatic heterocycles. The molecule has 2 rings (SSSR count). The maximum Gasteiger partial charge on any atom is 0.262 e. The quantitative estimate of drug-likeness (QED) is 0.558. The van der Waals surface area contributed by atoms with Gasteiger partial charge >= 0.3 is 0 Å². The second-order valence-electron chi connectivity index (χ2n) is 3.15. The monoisotopic (exact) mass is 204 g/mol. The van der Waals surface area contributed by atoms with Gasteiger partial charge in [0, 0.05) is 6.54 Å². The first kappa shape index (κ1) is 9.67. The van der Waals surface area contributed by atoms with Gasteiger partial charge in [-0.25, -0.2) is 10.8 Å². The summed E-state index contributed by atoms with van der Waals surface area (Å²) in [5.74, 6) is 5.70. The molecule has 1 aromatic heterocycles. The number of rotatable bonds is 2. The van der Waals surface area contributed by atoms with E-state index in [4.69, 9.17) is 5.84 Å². The van der Waals surface area contributed by atoms with Gasteiger partial charge in [-0.2, -0.15) is 0 Å². The average molecular weight is 204 g/mol. The molecule has 0 atom stereocenters. The lowest BCUT2D eigenvalue weighted by Crippen LogP contribution is -2.26. The Morgan fingerprint density at radius 1 is 1.47 bits per heavy atom. The van der Waals surface area contributed by atoms with Gasteiger partial charge in [0.15, 0.2) is 0 Å². The van der Waals surface area contributed by atoms with Crippen LogP contribution in [-0.2, 0) is 6.54 Å². The lowest BCUT2D eigenvalue weighted by Gasteiger charge is -2.09. The second-order valence-corrected chi connectivity index (χ2v) is 3.15. The van der Waals surface area contributed by atoms with Crippen molar-refractivity contribution in [3.63, 3.8) is 0 Å². The van der Waals surface area contributed by atoms with E-state index in [0.29, 0.717) is 23.4 Å². The Bertz CT molecular complexity index is 547. The molecule has 0 bridgehead atoms. The summed E-state index contributed by atoms with van der Waals surface area (Å²) in [6.07, 6.45) is 0. The molecule has 0 fully saturated rings. The highest BCUT2D eigenvalue weighted by Crippen LogP contribution is 2.09. The molecule has 0 aliphatic rings. The van der Waals surface area contributed by atoms with Crippen LogP contribution in [0.2, 0.25) is 0 Å². The minimum Gasteiger partial charge on any atom is -0.294 e. The van der Waals surface area contributed by atoms with E-state index >= 15 is 0 Å². The van der Waals surface area contributed by atoms with E-state index in [9.17, 15) is 4.79 Å². The molecule has 15 heavy (non-hydrogen) atoms. The summed E-state index contributed by atoms with van der Waals surface area (Å²) in [7, 11) is 0. The zero-order chi connectivity index (χ0) is 10.8. The molecule has 0 saturated heterocycles. The summed E-state index contributed by atoms with van der Waals surface area (Å²) in [6.45, 7) is 2.41. The number of nitrogens with one attached hydrogen (secondary N) is 1. The largest absolute Gasteiger partial charge is 0.294 e. The van der Waals surface area contributed by atoms with Crippen molar-refractivity contribution in [1.82, 2.24) is 9.55 Å². The number of benzene rings is 1. The minimum absolute atomic E-state index is 0.0731. The third kappa shape index (κ3) is 1.46. The first-order valence-corrected chi connectivity index (χ1v) is 4.74. The maximum atomic E-state index is 12.0. The molecular formula is C10H12N4O. The summed E-state index contributed by atoms with van der Waals surface area (Å²) >= 11 is 0. The molecule has 0 saturated carbocycles. The van der Waals surface area contributed by atoms with Crippen LogP contribution in [0.15, 0.2) is 29.1 Å². The van der Waals surface area contributed by atoms with Crippen LogP contribution < -0.4 is 16.8 Å². The fourth-order valence-corrected chi connectivity index (χ4v) is 1.57. The lowest BCUT2D eigenvalue weighted by atomic mass is 10.2. The normalized spacial score (nSPS) is 10.5. The third-order valence-corrected chi connectivity index (χ3v) is 2.31. The number of anilines is 1. The topological polar surface area (TPSA) is 72.9 Å². The van der Waals surface area contributed by atoms with Crippen molar-refractivity contribution < 1.29 is 0 Å². The molecule has 78 valence electrons. The van der Waals surface area contributed by atoms with E-state index in [1.54, 1.807) is 12.1 Å². The van der Waals surface area contributed by atoms with Gasteiger partial charge in [0.1, 0.15) is 0 Å². The first-order valence-electron chi connectivity index (χ1n) is 4.74. The number of nitrogens with two attached hydrogens (primary N) is 1. The molecule has 0 spiro atoms. The maximum absolute atomic E-state index is 12.0. The van der Waals surface area contributed by atoms with E-state index in [-0.39, 0.29) is 5.56 Å². The molecular weight excluding hydrogens is 192 g/mol. The standard InChI is InChI=1S/C10H12N4O/c1-2-14-9(15)7-5-3-4-6-8(7)12-10(14)13-11/h3-6H,2,11H2,1H3,(H,12,13). The molecule has 3 N–H and O–H groups in total. The van der Waals surface area contributed by atoms with E-state index in [1.165, 1.54) is 4.57 Å². The smallest absolute Gasteiger partial charge is 0.262 e. The van der Waals surface area contributed by atoms with E-state index in [2.05, 4.69) is 10.4 Å². The fraction of sp³-hybridized carbons (Fsp3) is 0.200. The highest BCUT2D eigenvalue weighted by Gasteiger charge is 2.07. The van der Waals surface area contributed by atoms with Gasteiger partial charge in [-0.05, 0) is 19.1 Å². The van der Waals surface area contributed by atoms with Crippen molar-refractivity contribution in [3.05, 3.63) is 34.6 Å². The molecule has 5 nitrogen and oxygen atoms in total. The van der Waals surface area contributed by atoms with Gasteiger partial charge in [0.2, 0.25) is 5.95 Å². The Morgan fingerprint density at radius 2 is 2.20 bits per heavy atom. The predicted octanol–water partition coefficient (Wildman–Crippen LogP) is 0.702. The first-order chi connectivity index (χ1) is 7.27. The molecule has 5 heteroatoms. The number of para-hydroxylation sites is 1. The van der Waals surface area contributed by atoms with Crippen LogP contribution in [0.3, 0.4) is 0 Å². The Morgan fingerprint density at radius 3 is 2.87 bits per heavy atom.